The molecule has 0 radical (unpaired) electrons. The first-order valence-electron chi connectivity index (χ1n) is 8.30. The first-order valence-corrected chi connectivity index (χ1v) is 8.30. The van der Waals surface area contributed by atoms with Crippen molar-refractivity contribution in [1.82, 2.24) is 4.57 Å². The molecule has 1 fully saturated rings. The fourth-order valence-corrected chi connectivity index (χ4v) is 3.42. The summed E-state index contributed by atoms with van der Waals surface area (Å²) < 4.78 is 13.4. The molecular formula is C19H21NO3. The molecule has 1 aromatic carbocycles. The number of ether oxygens (including phenoxy) is 2. The van der Waals surface area contributed by atoms with Crippen LogP contribution in [0.25, 0.3) is 11.3 Å². The number of rotatable bonds is 5. The second kappa shape index (κ2) is 5.44. The first-order chi connectivity index (χ1) is 11.2. The number of nitrogens with zero attached hydrogens (tertiary/aromatic N) is 1. The molecule has 0 atom stereocenters. The van der Waals surface area contributed by atoms with Gasteiger partial charge in [0.2, 0.25) is 0 Å². The molecule has 23 heavy (non-hydrogen) atoms. The van der Waals surface area contributed by atoms with E-state index in [2.05, 4.69) is 10.6 Å². The summed E-state index contributed by atoms with van der Waals surface area (Å²) in [4.78, 5) is 12.6. The summed E-state index contributed by atoms with van der Waals surface area (Å²) in [5.41, 5.74) is 4.24. The van der Waals surface area contributed by atoms with Crippen LogP contribution in [0.5, 0.6) is 11.5 Å². The summed E-state index contributed by atoms with van der Waals surface area (Å²) in [6, 6.07) is 6.07. The van der Waals surface area contributed by atoms with Crippen molar-refractivity contribution in [2.75, 3.05) is 13.7 Å². The van der Waals surface area contributed by atoms with E-state index in [1.54, 1.807) is 7.11 Å². The maximum Gasteiger partial charge on any atom is 0.168 e. The monoisotopic (exact) mass is 311 g/mol. The number of carbonyl (C=O) groups is 1. The number of hydrogen-bond acceptors (Lipinski definition) is 3. The molecule has 0 bridgehead atoms. The molecule has 4 heteroatoms. The summed E-state index contributed by atoms with van der Waals surface area (Å²) in [6.07, 6.45) is 5.04. The van der Waals surface area contributed by atoms with Crippen molar-refractivity contribution in [3.8, 4) is 22.8 Å². The number of benzene rings is 1. The van der Waals surface area contributed by atoms with Gasteiger partial charge in [-0.15, -0.1) is 0 Å². The van der Waals surface area contributed by atoms with Crippen LogP contribution in [0.3, 0.4) is 0 Å². The van der Waals surface area contributed by atoms with Crippen molar-refractivity contribution in [3.63, 3.8) is 0 Å². The fourth-order valence-electron chi connectivity index (χ4n) is 3.42. The van der Waals surface area contributed by atoms with Gasteiger partial charge in [0, 0.05) is 29.8 Å². The Kier molecular flexibility index (Phi) is 3.40. The second-order valence-electron chi connectivity index (χ2n) is 6.25. The molecule has 0 spiro atoms. The maximum atomic E-state index is 12.6. The van der Waals surface area contributed by atoms with E-state index in [9.17, 15) is 4.79 Å². The van der Waals surface area contributed by atoms with Gasteiger partial charge in [-0.2, -0.15) is 0 Å². The van der Waals surface area contributed by atoms with Crippen molar-refractivity contribution in [3.05, 3.63) is 35.5 Å². The van der Waals surface area contributed by atoms with Crippen LogP contribution in [-0.4, -0.2) is 24.1 Å². The van der Waals surface area contributed by atoms with Gasteiger partial charge in [-0.3, -0.25) is 4.79 Å². The molecule has 1 aromatic heterocycles. The Balaban J connectivity index is 1.86. The highest BCUT2D eigenvalue weighted by Gasteiger charge is 2.34. The lowest BCUT2D eigenvalue weighted by atomic mass is 9.93. The highest BCUT2D eigenvalue weighted by Crippen LogP contribution is 2.42. The highest BCUT2D eigenvalue weighted by atomic mass is 16.5. The van der Waals surface area contributed by atoms with E-state index in [4.69, 9.17) is 9.47 Å². The van der Waals surface area contributed by atoms with Crippen LogP contribution in [-0.2, 0) is 13.0 Å². The minimum Gasteiger partial charge on any atom is -0.493 e. The number of fused-ring (bicyclic) bond motifs is 3. The number of hydrogen-bond donors (Lipinski definition) is 0. The smallest absolute Gasteiger partial charge is 0.168 e. The van der Waals surface area contributed by atoms with Gasteiger partial charge in [-0.05, 0) is 49.9 Å². The second-order valence-corrected chi connectivity index (χ2v) is 6.25. The summed E-state index contributed by atoms with van der Waals surface area (Å²) in [5, 5.41) is 0. The lowest BCUT2D eigenvalue weighted by molar-refractivity contribution is 0.0968. The van der Waals surface area contributed by atoms with Crippen LogP contribution >= 0.6 is 0 Å². The lowest BCUT2D eigenvalue weighted by Gasteiger charge is -2.23. The third-order valence-electron chi connectivity index (χ3n) is 4.74. The first kappa shape index (κ1) is 14.4. The molecule has 2 aliphatic rings. The standard InChI is InChI=1S/C19H21NO3/c1-3-23-17-11-15-13(10-16(17)22-2)6-8-20-9-7-14(18(15)20)19(21)12-4-5-12/h7,9-12H,3-6,8H2,1-2H3. The van der Waals surface area contributed by atoms with Gasteiger partial charge >= 0.3 is 0 Å². The third-order valence-corrected chi connectivity index (χ3v) is 4.74. The zero-order valence-electron chi connectivity index (χ0n) is 13.6. The molecule has 1 aliphatic carbocycles. The van der Waals surface area contributed by atoms with Gasteiger partial charge in [0.1, 0.15) is 0 Å². The molecule has 0 saturated heterocycles. The van der Waals surface area contributed by atoms with Gasteiger partial charge in [-0.25, -0.2) is 0 Å². The number of aryl methyl sites for hydroxylation is 2. The SMILES string of the molecule is CCOc1cc2c(cc1OC)CCn1ccc(C(=O)C3CC3)c1-2. The zero-order chi connectivity index (χ0) is 16.0. The van der Waals surface area contributed by atoms with Gasteiger partial charge in [-0.1, -0.05) is 0 Å². The van der Waals surface area contributed by atoms with E-state index >= 15 is 0 Å². The molecule has 120 valence electrons. The summed E-state index contributed by atoms with van der Waals surface area (Å²) in [5.74, 6) is 2.03. The van der Waals surface area contributed by atoms with Crippen LogP contribution in [0.4, 0.5) is 0 Å². The van der Waals surface area contributed by atoms with Gasteiger partial charge in [0.25, 0.3) is 0 Å². The molecule has 1 saturated carbocycles. The maximum absolute atomic E-state index is 12.6. The van der Waals surface area contributed by atoms with E-state index in [-0.39, 0.29) is 5.92 Å². The van der Waals surface area contributed by atoms with Crippen molar-refractivity contribution >= 4 is 5.78 Å². The molecule has 4 rings (SSSR count). The minimum atomic E-state index is 0.233. The predicted octanol–water partition coefficient (Wildman–Crippen LogP) is 3.71. The average molecular weight is 311 g/mol. The zero-order valence-corrected chi connectivity index (χ0v) is 13.6. The Bertz CT molecular complexity index is 771. The Morgan fingerprint density at radius 3 is 2.83 bits per heavy atom. The Labute approximate surface area is 136 Å². The molecule has 0 N–H and O–H groups in total. The van der Waals surface area contributed by atoms with Crippen molar-refractivity contribution < 1.29 is 14.3 Å². The molecule has 0 amide bonds. The number of aromatic nitrogens is 1. The number of methoxy groups -OCH3 is 1. The van der Waals surface area contributed by atoms with Gasteiger partial charge < -0.3 is 14.0 Å². The van der Waals surface area contributed by atoms with Crippen molar-refractivity contribution in [1.29, 1.82) is 0 Å². The number of Topliss-reactive ketones (excluding diaryl/α,β-unsaturated/α-hetero) is 1. The van der Waals surface area contributed by atoms with E-state index in [0.29, 0.717) is 12.4 Å². The molecule has 2 aromatic rings. The van der Waals surface area contributed by atoms with Crippen LogP contribution in [0, 0.1) is 5.92 Å². The van der Waals surface area contributed by atoms with Crippen molar-refractivity contribution in [2.24, 2.45) is 5.92 Å². The molecule has 1 aliphatic heterocycles. The number of ketones is 1. The molecule has 0 unspecified atom stereocenters. The molecular weight excluding hydrogens is 290 g/mol. The quantitative estimate of drug-likeness (QED) is 0.790. The van der Waals surface area contributed by atoms with Crippen LogP contribution in [0.15, 0.2) is 24.4 Å². The van der Waals surface area contributed by atoms with Gasteiger partial charge in [0.05, 0.1) is 19.4 Å². The minimum absolute atomic E-state index is 0.233. The fraction of sp³-hybridized carbons (Fsp3) is 0.421. The summed E-state index contributed by atoms with van der Waals surface area (Å²) >= 11 is 0. The van der Waals surface area contributed by atoms with E-state index in [1.807, 2.05) is 25.3 Å². The Morgan fingerprint density at radius 2 is 2.13 bits per heavy atom. The van der Waals surface area contributed by atoms with E-state index in [0.717, 1.165) is 54.1 Å². The normalized spacial score (nSPS) is 15.7. The highest BCUT2D eigenvalue weighted by molar-refractivity contribution is 6.05. The lowest BCUT2D eigenvalue weighted by Crippen LogP contribution is -2.13. The van der Waals surface area contributed by atoms with Crippen LogP contribution < -0.4 is 9.47 Å². The third kappa shape index (κ3) is 2.33. The average Bonchev–Trinajstić information content (AvgIpc) is 3.32. The van der Waals surface area contributed by atoms with Crippen LogP contribution in [0.2, 0.25) is 0 Å². The topological polar surface area (TPSA) is 40.5 Å². The van der Waals surface area contributed by atoms with Crippen LogP contribution in [0.1, 0.15) is 35.7 Å². The summed E-state index contributed by atoms with van der Waals surface area (Å²) in [6.45, 7) is 3.45. The Morgan fingerprint density at radius 1 is 1.30 bits per heavy atom. The largest absolute Gasteiger partial charge is 0.493 e. The summed E-state index contributed by atoms with van der Waals surface area (Å²) in [7, 11) is 1.66. The Hall–Kier alpha value is -2.23. The molecule has 4 nitrogen and oxygen atoms in total. The van der Waals surface area contributed by atoms with Gasteiger partial charge in [0.15, 0.2) is 17.3 Å². The predicted molar refractivity (Wildman–Crippen MR) is 88.3 cm³/mol. The van der Waals surface area contributed by atoms with E-state index in [1.165, 1.54) is 5.56 Å². The van der Waals surface area contributed by atoms with E-state index < -0.39 is 0 Å². The number of carbonyl (C=O) groups excluding carboxylic acids is 1. The van der Waals surface area contributed by atoms with Crippen molar-refractivity contribution in [2.45, 2.75) is 32.7 Å². The molecule has 2 heterocycles.